The molecule has 0 bridgehead atoms. The largest absolute Gasteiger partial charge is 0.331 e. The number of benzene rings is 2. The number of fused-ring (bicyclic) bond motifs is 1. The first-order chi connectivity index (χ1) is 9.56. The minimum absolute atomic E-state index is 0.0405. The van der Waals surface area contributed by atoms with E-state index in [4.69, 9.17) is 12.2 Å². The predicted octanol–water partition coefficient (Wildman–Crippen LogP) is 5.21. The maximum Gasteiger partial charge on any atom is 0.178 e. The Morgan fingerprint density at radius 3 is 2.80 bits per heavy atom. The van der Waals surface area contributed by atoms with Crippen molar-refractivity contribution in [3.05, 3.63) is 63.1 Å². The molecule has 0 saturated heterocycles. The highest BCUT2D eigenvalue weighted by molar-refractivity contribution is 9.10. The van der Waals surface area contributed by atoms with Gasteiger partial charge in [0.2, 0.25) is 0 Å². The molecule has 0 fully saturated rings. The monoisotopic (exact) mass is 350 g/mol. The summed E-state index contributed by atoms with van der Waals surface area (Å²) < 4.78 is 17.0. The smallest absolute Gasteiger partial charge is 0.178 e. The first-order valence-electron chi connectivity index (χ1n) is 6.21. The molecule has 1 N–H and O–H groups in total. The van der Waals surface area contributed by atoms with E-state index < -0.39 is 0 Å². The zero-order chi connectivity index (χ0) is 14.3. The third kappa shape index (κ3) is 2.31. The van der Waals surface area contributed by atoms with E-state index in [1.54, 1.807) is 12.1 Å². The third-order valence-electron chi connectivity index (χ3n) is 3.40. The molecule has 0 aliphatic rings. The van der Waals surface area contributed by atoms with Crippen LogP contribution in [0, 0.1) is 10.6 Å². The van der Waals surface area contributed by atoms with Crippen LogP contribution in [0.3, 0.4) is 0 Å². The number of rotatable bonds is 2. The Labute approximate surface area is 129 Å². The van der Waals surface area contributed by atoms with Crippen molar-refractivity contribution < 1.29 is 4.39 Å². The SMILES string of the molecule is CC(c1cccc(F)c1)n1c(=S)[nH]c2ccc(Br)cc21. The summed E-state index contributed by atoms with van der Waals surface area (Å²) in [7, 11) is 0. The lowest BCUT2D eigenvalue weighted by atomic mass is 10.1. The van der Waals surface area contributed by atoms with Crippen LogP contribution in [0.15, 0.2) is 46.9 Å². The third-order valence-corrected chi connectivity index (χ3v) is 4.19. The lowest BCUT2D eigenvalue weighted by Crippen LogP contribution is -2.07. The summed E-state index contributed by atoms with van der Waals surface area (Å²) in [5.74, 6) is -0.234. The number of hydrogen-bond acceptors (Lipinski definition) is 1. The maximum atomic E-state index is 13.4. The summed E-state index contributed by atoms with van der Waals surface area (Å²) in [6.45, 7) is 2.01. The predicted molar refractivity (Wildman–Crippen MR) is 85.0 cm³/mol. The molecule has 1 heterocycles. The van der Waals surface area contributed by atoms with Crippen LogP contribution in [0.5, 0.6) is 0 Å². The molecular weight excluding hydrogens is 339 g/mol. The van der Waals surface area contributed by atoms with Gasteiger partial charge in [0.05, 0.1) is 17.1 Å². The van der Waals surface area contributed by atoms with E-state index in [0.717, 1.165) is 21.1 Å². The fraction of sp³-hybridized carbons (Fsp3) is 0.133. The fourth-order valence-corrected chi connectivity index (χ4v) is 3.11. The minimum atomic E-state index is -0.234. The molecule has 1 aromatic heterocycles. The van der Waals surface area contributed by atoms with Crippen molar-refractivity contribution >= 4 is 39.2 Å². The Bertz CT molecular complexity index is 837. The van der Waals surface area contributed by atoms with Crippen LogP contribution >= 0.6 is 28.1 Å². The summed E-state index contributed by atoms with van der Waals surface area (Å²) in [5, 5.41) is 0. The topological polar surface area (TPSA) is 20.7 Å². The van der Waals surface area contributed by atoms with Gasteiger partial charge in [-0.15, -0.1) is 0 Å². The van der Waals surface area contributed by atoms with Crippen LogP contribution in [-0.2, 0) is 0 Å². The van der Waals surface area contributed by atoms with Gasteiger partial charge in [-0.2, -0.15) is 0 Å². The fourth-order valence-electron chi connectivity index (χ4n) is 2.39. The number of hydrogen-bond donors (Lipinski definition) is 1. The first kappa shape index (κ1) is 13.5. The highest BCUT2D eigenvalue weighted by Crippen LogP contribution is 2.26. The Morgan fingerprint density at radius 1 is 1.25 bits per heavy atom. The van der Waals surface area contributed by atoms with Crippen molar-refractivity contribution in [3.8, 4) is 0 Å². The molecule has 20 heavy (non-hydrogen) atoms. The summed E-state index contributed by atoms with van der Waals surface area (Å²) >= 11 is 8.88. The highest BCUT2D eigenvalue weighted by Gasteiger charge is 2.13. The number of halogens is 2. The number of nitrogens with one attached hydrogen (secondary N) is 1. The molecule has 0 spiro atoms. The second kappa shape index (κ2) is 5.14. The van der Waals surface area contributed by atoms with Gasteiger partial charge in [-0.05, 0) is 55.0 Å². The van der Waals surface area contributed by atoms with Gasteiger partial charge >= 0.3 is 0 Å². The molecule has 3 aromatic rings. The Hall–Kier alpha value is -1.46. The van der Waals surface area contributed by atoms with E-state index in [-0.39, 0.29) is 11.9 Å². The zero-order valence-corrected chi connectivity index (χ0v) is 13.1. The van der Waals surface area contributed by atoms with Crippen molar-refractivity contribution in [2.45, 2.75) is 13.0 Å². The molecule has 2 nitrogen and oxygen atoms in total. The van der Waals surface area contributed by atoms with Gasteiger partial charge < -0.3 is 9.55 Å². The molecule has 102 valence electrons. The van der Waals surface area contributed by atoms with E-state index in [1.807, 2.05) is 35.8 Å². The second-order valence-electron chi connectivity index (χ2n) is 4.69. The molecule has 2 aromatic carbocycles. The maximum absolute atomic E-state index is 13.4. The van der Waals surface area contributed by atoms with Gasteiger partial charge in [0, 0.05) is 4.47 Å². The lowest BCUT2D eigenvalue weighted by molar-refractivity contribution is 0.608. The van der Waals surface area contributed by atoms with Crippen molar-refractivity contribution in [2.24, 2.45) is 0 Å². The van der Waals surface area contributed by atoms with Crippen LogP contribution in [0.4, 0.5) is 4.39 Å². The average Bonchev–Trinajstić information content (AvgIpc) is 2.73. The van der Waals surface area contributed by atoms with E-state index in [0.29, 0.717) is 4.77 Å². The molecule has 0 saturated carbocycles. The molecule has 1 unspecified atom stereocenters. The van der Waals surface area contributed by atoms with Crippen LogP contribution in [0.2, 0.25) is 0 Å². The quantitative estimate of drug-likeness (QED) is 0.629. The lowest BCUT2D eigenvalue weighted by Gasteiger charge is -2.15. The van der Waals surface area contributed by atoms with Crippen molar-refractivity contribution in [3.63, 3.8) is 0 Å². The van der Waals surface area contributed by atoms with Crippen LogP contribution in [-0.4, -0.2) is 9.55 Å². The normalized spacial score (nSPS) is 12.8. The highest BCUT2D eigenvalue weighted by atomic mass is 79.9. The molecule has 0 aliphatic heterocycles. The Morgan fingerprint density at radius 2 is 2.05 bits per heavy atom. The molecule has 3 rings (SSSR count). The molecule has 5 heteroatoms. The van der Waals surface area contributed by atoms with Gasteiger partial charge in [-0.1, -0.05) is 28.1 Å². The molecule has 1 atom stereocenters. The number of H-pyrrole nitrogens is 1. The van der Waals surface area contributed by atoms with Crippen molar-refractivity contribution in [1.82, 2.24) is 9.55 Å². The Kier molecular flexibility index (Phi) is 3.48. The summed E-state index contributed by atoms with van der Waals surface area (Å²) in [5.41, 5.74) is 2.87. The average molecular weight is 351 g/mol. The van der Waals surface area contributed by atoms with Crippen LogP contribution < -0.4 is 0 Å². The van der Waals surface area contributed by atoms with E-state index in [2.05, 4.69) is 20.9 Å². The number of aromatic nitrogens is 2. The van der Waals surface area contributed by atoms with Crippen LogP contribution in [0.25, 0.3) is 11.0 Å². The van der Waals surface area contributed by atoms with E-state index in [9.17, 15) is 4.39 Å². The van der Waals surface area contributed by atoms with Crippen molar-refractivity contribution in [1.29, 1.82) is 0 Å². The molecular formula is C15H12BrFN2S. The van der Waals surface area contributed by atoms with Gasteiger partial charge in [-0.3, -0.25) is 0 Å². The van der Waals surface area contributed by atoms with Gasteiger partial charge in [0.1, 0.15) is 5.82 Å². The van der Waals surface area contributed by atoms with E-state index >= 15 is 0 Å². The number of nitrogens with zero attached hydrogens (tertiary/aromatic N) is 1. The Balaban J connectivity index is 2.21. The van der Waals surface area contributed by atoms with E-state index in [1.165, 1.54) is 6.07 Å². The molecule has 0 aliphatic carbocycles. The summed E-state index contributed by atoms with van der Waals surface area (Å²) in [6, 6.07) is 12.5. The number of aromatic amines is 1. The van der Waals surface area contributed by atoms with Gasteiger partial charge in [0.25, 0.3) is 0 Å². The van der Waals surface area contributed by atoms with Gasteiger partial charge in [-0.25, -0.2) is 4.39 Å². The second-order valence-corrected chi connectivity index (χ2v) is 5.99. The standard InChI is InChI=1S/C15H12BrFN2S/c1-9(10-3-2-4-12(17)7-10)19-14-8-11(16)5-6-13(14)18-15(19)20/h2-9H,1H3,(H,18,20). The molecule has 0 amide bonds. The summed E-state index contributed by atoms with van der Waals surface area (Å²) in [6.07, 6.45) is 0. The number of imidazole rings is 1. The molecule has 0 radical (unpaired) electrons. The van der Waals surface area contributed by atoms with Gasteiger partial charge in [0.15, 0.2) is 4.77 Å². The van der Waals surface area contributed by atoms with Crippen LogP contribution in [0.1, 0.15) is 18.5 Å². The minimum Gasteiger partial charge on any atom is -0.331 e. The first-order valence-corrected chi connectivity index (χ1v) is 7.41. The van der Waals surface area contributed by atoms with Crippen molar-refractivity contribution in [2.75, 3.05) is 0 Å². The zero-order valence-electron chi connectivity index (χ0n) is 10.7. The summed E-state index contributed by atoms with van der Waals surface area (Å²) in [4.78, 5) is 3.18.